The van der Waals surface area contributed by atoms with E-state index < -0.39 is 0 Å². The van der Waals surface area contributed by atoms with Gasteiger partial charge >= 0.3 is 0 Å². The maximum atomic E-state index is 11.9. The van der Waals surface area contributed by atoms with Crippen LogP contribution in [0.1, 0.15) is 35.5 Å². The first-order chi connectivity index (χ1) is 7.19. The predicted octanol–water partition coefficient (Wildman–Crippen LogP) is 3.21. The molecule has 0 aliphatic rings. The summed E-state index contributed by atoms with van der Waals surface area (Å²) in [6.07, 6.45) is 1.87. The third-order valence-corrected chi connectivity index (χ3v) is 3.67. The molecule has 0 bridgehead atoms. The summed E-state index contributed by atoms with van der Waals surface area (Å²) in [5.41, 5.74) is 1.14. The van der Waals surface area contributed by atoms with Gasteiger partial charge in [-0.15, -0.1) is 11.3 Å². The molecule has 1 aromatic heterocycles. The van der Waals surface area contributed by atoms with E-state index in [-0.39, 0.29) is 11.9 Å². The number of aryl methyl sites for hydroxylation is 1. The van der Waals surface area contributed by atoms with Crippen molar-refractivity contribution in [3.63, 3.8) is 0 Å². The highest BCUT2D eigenvalue weighted by Crippen LogP contribution is 2.17. The molecule has 2 nitrogen and oxygen atoms in total. The van der Waals surface area contributed by atoms with Gasteiger partial charge in [0.15, 0.2) is 0 Å². The molecular weight excluding hydrogens is 274 g/mol. The molecule has 0 aliphatic carbocycles. The van der Waals surface area contributed by atoms with Gasteiger partial charge in [0.2, 0.25) is 0 Å². The molecule has 1 N–H and O–H groups in total. The van der Waals surface area contributed by atoms with Crippen LogP contribution in [-0.4, -0.2) is 17.3 Å². The lowest BCUT2D eigenvalue weighted by atomic mass is 10.2. The van der Waals surface area contributed by atoms with Crippen LogP contribution in [0.4, 0.5) is 0 Å². The molecule has 1 atom stereocenters. The molecule has 15 heavy (non-hydrogen) atoms. The summed E-state index contributed by atoms with van der Waals surface area (Å²) in [4.78, 5) is 12.7. The van der Waals surface area contributed by atoms with Crippen LogP contribution in [0.5, 0.6) is 0 Å². The van der Waals surface area contributed by atoms with Gasteiger partial charge in [-0.3, -0.25) is 4.79 Å². The minimum Gasteiger partial charge on any atom is -0.349 e. The second-order valence-electron chi connectivity index (χ2n) is 3.48. The van der Waals surface area contributed by atoms with Crippen molar-refractivity contribution in [1.82, 2.24) is 5.32 Å². The average molecular weight is 290 g/mol. The van der Waals surface area contributed by atoms with Crippen LogP contribution < -0.4 is 5.32 Å². The number of hydrogen-bond donors (Lipinski definition) is 1. The van der Waals surface area contributed by atoms with Gasteiger partial charge in [-0.05, 0) is 36.8 Å². The monoisotopic (exact) mass is 289 g/mol. The molecule has 1 aromatic rings. The highest BCUT2D eigenvalue weighted by molar-refractivity contribution is 9.09. The van der Waals surface area contributed by atoms with Crippen LogP contribution in [0.25, 0.3) is 0 Å². The largest absolute Gasteiger partial charge is 0.349 e. The van der Waals surface area contributed by atoms with Crippen molar-refractivity contribution in [1.29, 1.82) is 0 Å². The minimum atomic E-state index is 0.0651. The highest BCUT2D eigenvalue weighted by atomic mass is 79.9. The fourth-order valence-corrected chi connectivity index (χ4v) is 2.92. The van der Waals surface area contributed by atoms with Gasteiger partial charge in [-0.1, -0.05) is 22.9 Å². The second kappa shape index (κ2) is 6.28. The summed E-state index contributed by atoms with van der Waals surface area (Å²) in [6.45, 7) is 4.10. The molecule has 0 radical (unpaired) electrons. The number of amides is 1. The normalized spacial score (nSPS) is 12.5. The van der Waals surface area contributed by atoms with Gasteiger partial charge in [0.25, 0.3) is 5.91 Å². The molecule has 1 unspecified atom stereocenters. The molecule has 0 fully saturated rings. The van der Waals surface area contributed by atoms with E-state index in [9.17, 15) is 4.79 Å². The molecule has 4 heteroatoms. The van der Waals surface area contributed by atoms with Crippen molar-refractivity contribution >= 4 is 33.2 Å². The quantitative estimate of drug-likeness (QED) is 0.829. The summed E-state index contributed by atoms with van der Waals surface area (Å²) in [6, 6.07) is 2.25. The van der Waals surface area contributed by atoms with Crippen molar-refractivity contribution < 1.29 is 4.79 Å². The predicted molar refractivity (Wildman–Crippen MR) is 69.0 cm³/mol. The van der Waals surface area contributed by atoms with Crippen LogP contribution in [0, 0.1) is 0 Å². The Balaban J connectivity index is 2.61. The first-order valence-corrected chi connectivity index (χ1v) is 7.12. The molecule has 0 saturated carbocycles. The zero-order valence-corrected chi connectivity index (χ0v) is 11.5. The Hall–Kier alpha value is -0.350. The Morgan fingerprint density at radius 3 is 3.00 bits per heavy atom. The van der Waals surface area contributed by atoms with Crippen LogP contribution in [0.15, 0.2) is 11.4 Å². The van der Waals surface area contributed by atoms with E-state index >= 15 is 0 Å². The highest BCUT2D eigenvalue weighted by Gasteiger charge is 2.13. The molecule has 84 valence electrons. The molecule has 0 aliphatic heterocycles. The Labute approximate surface area is 103 Å². The van der Waals surface area contributed by atoms with Gasteiger partial charge in [0.05, 0.1) is 4.88 Å². The van der Waals surface area contributed by atoms with Gasteiger partial charge in [-0.25, -0.2) is 0 Å². The van der Waals surface area contributed by atoms with Gasteiger partial charge in [0, 0.05) is 11.4 Å². The molecule has 1 rings (SSSR count). The maximum Gasteiger partial charge on any atom is 0.261 e. The van der Waals surface area contributed by atoms with Crippen molar-refractivity contribution in [3.05, 3.63) is 21.9 Å². The maximum absolute atomic E-state index is 11.9. The lowest BCUT2D eigenvalue weighted by Crippen LogP contribution is -2.32. The van der Waals surface area contributed by atoms with Crippen LogP contribution >= 0.6 is 27.3 Å². The number of carbonyl (C=O) groups is 1. The molecule has 0 aromatic carbocycles. The number of thiophene rings is 1. The van der Waals surface area contributed by atoms with Crippen LogP contribution in [-0.2, 0) is 6.42 Å². The molecule has 1 heterocycles. The summed E-state index contributed by atoms with van der Waals surface area (Å²) in [5.74, 6) is 0.0651. The lowest BCUT2D eigenvalue weighted by Gasteiger charge is -2.12. The fourth-order valence-electron chi connectivity index (χ4n) is 1.34. The zero-order chi connectivity index (χ0) is 11.3. The third kappa shape index (κ3) is 3.61. The summed E-state index contributed by atoms with van der Waals surface area (Å²) in [7, 11) is 0. The lowest BCUT2D eigenvalue weighted by molar-refractivity contribution is 0.0943. The van der Waals surface area contributed by atoms with Crippen LogP contribution in [0.2, 0.25) is 0 Å². The van der Waals surface area contributed by atoms with Crippen LogP contribution in [0.3, 0.4) is 0 Å². The first kappa shape index (κ1) is 12.7. The Morgan fingerprint density at radius 1 is 1.67 bits per heavy atom. The summed E-state index contributed by atoms with van der Waals surface area (Å²) in [5, 5.41) is 5.89. The van der Waals surface area contributed by atoms with E-state index in [4.69, 9.17) is 0 Å². The zero-order valence-electron chi connectivity index (χ0n) is 9.05. The van der Waals surface area contributed by atoms with E-state index in [0.717, 1.165) is 28.6 Å². The second-order valence-corrected chi connectivity index (χ2v) is 5.19. The summed E-state index contributed by atoms with van der Waals surface area (Å²) >= 11 is 4.89. The fraction of sp³-hybridized carbons (Fsp3) is 0.545. The molecular formula is C11H16BrNOS. The number of rotatable bonds is 5. The first-order valence-electron chi connectivity index (χ1n) is 5.12. The Morgan fingerprint density at radius 2 is 2.40 bits per heavy atom. The van der Waals surface area contributed by atoms with Crippen molar-refractivity contribution in [2.45, 2.75) is 32.7 Å². The number of halogens is 1. The number of nitrogens with one attached hydrogen (secondary N) is 1. The van der Waals surface area contributed by atoms with E-state index in [2.05, 4.69) is 28.2 Å². The topological polar surface area (TPSA) is 29.1 Å². The third-order valence-electron chi connectivity index (χ3n) is 2.25. The molecule has 0 saturated heterocycles. The molecule has 0 spiro atoms. The Kier molecular flexibility index (Phi) is 5.32. The van der Waals surface area contributed by atoms with Gasteiger partial charge in [-0.2, -0.15) is 0 Å². The number of carbonyl (C=O) groups excluding carboxylic acids is 1. The average Bonchev–Trinajstić information content (AvgIpc) is 2.65. The van der Waals surface area contributed by atoms with Crippen molar-refractivity contribution in [3.8, 4) is 0 Å². The SMILES string of the molecule is CCc1ccsc1C(=O)NC(C)CCBr. The number of hydrogen-bond acceptors (Lipinski definition) is 2. The van der Waals surface area contributed by atoms with Crippen molar-refractivity contribution in [2.75, 3.05) is 5.33 Å². The number of alkyl halides is 1. The van der Waals surface area contributed by atoms with Crippen molar-refractivity contribution in [2.24, 2.45) is 0 Å². The smallest absolute Gasteiger partial charge is 0.261 e. The van der Waals surface area contributed by atoms with Gasteiger partial charge < -0.3 is 5.32 Å². The minimum absolute atomic E-state index is 0.0651. The van der Waals surface area contributed by atoms with E-state index in [1.165, 1.54) is 11.3 Å². The van der Waals surface area contributed by atoms with E-state index in [0.29, 0.717) is 0 Å². The molecule has 1 amide bonds. The van der Waals surface area contributed by atoms with E-state index in [1.54, 1.807) is 0 Å². The van der Waals surface area contributed by atoms with Gasteiger partial charge in [0.1, 0.15) is 0 Å². The standard InChI is InChI=1S/C11H16BrNOS/c1-3-9-5-7-15-10(9)11(14)13-8(2)4-6-12/h5,7-8H,3-4,6H2,1-2H3,(H,13,14). The van der Waals surface area contributed by atoms with E-state index in [1.807, 2.05) is 18.4 Å². The summed E-state index contributed by atoms with van der Waals surface area (Å²) < 4.78 is 0. The Bertz CT molecular complexity index is 324.